The Morgan fingerprint density at radius 2 is 1.96 bits per heavy atom. The molecule has 122 valence electrons. The standard InChI is InChI=1S/C17H21N3O2S/c1-13-10-18-11-16(19-13)17-4-3-9-20(17)12-14-5-7-15(8-6-14)23(2,21)22/h5-8,10-11,17H,3-4,9,12H2,1-2H3/t17-/m1/s1. The van der Waals surface area contributed by atoms with Crippen LogP contribution in [0.5, 0.6) is 0 Å². The Balaban J connectivity index is 1.76. The molecule has 0 radical (unpaired) electrons. The van der Waals surface area contributed by atoms with Gasteiger partial charge in [-0.25, -0.2) is 8.42 Å². The van der Waals surface area contributed by atoms with Crippen molar-refractivity contribution in [2.75, 3.05) is 12.8 Å². The van der Waals surface area contributed by atoms with Crippen LogP contribution in [0.2, 0.25) is 0 Å². The molecule has 0 amide bonds. The van der Waals surface area contributed by atoms with Crippen molar-refractivity contribution in [3.8, 4) is 0 Å². The van der Waals surface area contributed by atoms with Crippen LogP contribution in [0.15, 0.2) is 41.6 Å². The third-order valence-corrected chi connectivity index (χ3v) is 5.34. The first kappa shape index (κ1) is 16.1. The minimum atomic E-state index is -3.14. The van der Waals surface area contributed by atoms with Crippen molar-refractivity contribution in [3.05, 3.63) is 53.6 Å². The Bertz CT molecular complexity index is 788. The summed E-state index contributed by atoms with van der Waals surface area (Å²) in [5, 5.41) is 0. The molecular weight excluding hydrogens is 310 g/mol. The van der Waals surface area contributed by atoms with E-state index in [0.717, 1.165) is 42.9 Å². The summed E-state index contributed by atoms with van der Waals surface area (Å²) < 4.78 is 23.1. The molecule has 6 heteroatoms. The summed E-state index contributed by atoms with van der Waals surface area (Å²) in [6.07, 6.45) is 7.08. The van der Waals surface area contributed by atoms with Crippen LogP contribution in [0.4, 0.5) is 0 Å². The van der Waals surface area contributed by atoms with Crippen LogP contribution in [-0.4, -0.2) is 36.1 Å². The van der Waals surface area contributed by atoms with Crippen LogP contribution in [0.3, 0.4) is 0 Å². The SMILES string of the molecule is Cc1cncc([C@H]2CCCN2Cc2ccc(S(C)(=O)=O)cc2)n1. The van der Waals surface area contributed by atoms with Gasteiger partial charge in [-0.3, -0.25) is 14.9 Å². The highest BCUT2D eigenvalue weighted by atomic mass is 32.2. The molecule has 1 fully saturated rings. The highest BCUT2D eigenvalue weighted by molar-refractivity contribution is 7.90. The minimum Gasteiger partial charge on any atom is -0.290 e. The molecule has 1 aromatic carbocycles. The first-order chi connectivity index (χ1) is 10.9. The van der Waals surface area contributed by atoms with Crippen molar-refractivity contribution >= 4 is 9.84 Å². The summed E-state index contributed by atoms with van der Waals surface area (Å²) in [6.45, 7) is 3.78. The number of rotatable bonds is 4. The van der Waals surface area contributed by atoms with Gasteiger partial charge in [0.2, 0.25) is 0 Å². The van der Waals surface area contributed by atoms with E-state index in [1.54, 1.807) is 18.3 Å². The van der Waals surface area contributed by atoms with Gasteiger partial charge in [-0.2, -0.15) is 0 Å². The summed E-state index contributed by atoms with van der Waals surface area (Å²) in [5.41, 5.74) is 3.08. The predicted octanol–water partition coefficient (Wildman–Crippen LogP) is 2.53. The second-order valence-corrected chi connectivity index (χ2v) is 8.15. The lowest BCUT2D eigenvalue weighted by molar-refractivity contribution is 0.243. The summed E-state index contributed by atoms with van der Waals surface area (Å²) in [6, 6.07) is 7.45. The molecule has 1 saturated heterocycles. The number of hydrogen-bond acceptors (Lipinski definition) is 5. The smallest absolute Gasteiger partial charge is 0.175 e. The lowest BCUT2D eigenvalue weighted by Crippen LogP contribution is -2.23. The molecule has 23 heavy (non-hydrogen) atoms. The van der Waals surface area contributed by atoms with E-state index in [2.05, 4.69) is 14.9 Å². The third-order valence-electron chi connectivity index (χ3n) is 4.22. The van der Waals surface area contributed by atoms with Crippen LogP contribution in [-0.2, 0) is 16.4 Å². The number of aryl methyl sites for hydroxylation is 1. The monoisotopic (exact) mass is 331 g/mol. The molecule has 1 atom stereocenters. The van der Waals surface area contributed by atoms with Crippen LogP contribution < -0.4 is 0 Å². The Morgan fingerprint density at radius 3 is 2.61 bits per heavy atom. The first-order valence-electron chi connectivity index (χ1n) is 7.75. The molecule has 0 saturated carbocycles. The summed E-state index contributed by atoms with van der Waals surface area (Å²) in [7, 11) is -3.14. The molecule has 0 aliphatic carbocycles. The number of likely N-dealkylation sites (tertiary alicyclic amines) is 1. The van der Waals surface area contributed by atoms with E-state index in [9.17, 15) is 8.42 Å². The maximum Gasteiger partial charge on any atom is 0.175 e. The van der Waals surface area contributed by atoms with Gasteiger partial charge in [-0.15, -0.1) is 0 Å². The van der Waals surface area contributed by atoms with E-state index in [1.807, 2.05) is 25.3 Å². The molecule has 3 rings (SSSR count). The van der Waals surface area contributed by atoms with E-state index < -0.39 is 9.84 Å². The highest BCUT2D eigenvalue weighted by Gasteiger charge is 2.27. The van der Waals surface area contributed by atoms with Crippen molar-refractivity contribution in [2.45, 2.75) is 37.2 Å². The van der Waals surface area contributed by atoms with Gasteiger partial charge in [0.25, 0.3) is 0 Å². The zero-order chi connectivity index (χ0) is 16.4. The van der Waals surface area contributed by atoms with Crippen LogP contribution in [0.25, 0.3) is 0 Å². The number of benzene rings is 1. The van der Waals surface area contributed by atoms with E-state index in [1.165, 1.54) is 6.26 Å². The van der Waals surface area contributed by atoms with Crippen molar-refractivity contribution in [1.82, 2.24) is 14.9 Å². The molecule has 0 spiro atoms. The number of aromatic nitrogens is 2. The second-order valence-electron chi connectivity index (χ2n) is 6.13. The lowest BCUT2D eigenvalue weighted by atomic mass is 10.1. The minimum absolute atomic E-state index is 0.289. The van der Waals surface area contributed by atoms with Gasteiger partial charge in [0.05, 0.1) is 22.3 Å². The van der Waals surface area contributed by atoms with Crippen molar-refractivity contribution in [3.63, 3.8) is 0 Å². The van der Waals surface area contributed by atoms with Gasteiger partial charge in [0, 0.05) is 25.2 Å². The van der Waals surface area contributed by atoms with Crippen molar-refractivity contribution in [2.24, 2.45) is 0 Å². The zero-order valence-corrected chi connectivity index (χ0v) is 14.3. The molecule has 2 heterocycles. The van der Waals surface area contributed by atoms with Crippen LogP contribution in [0, 0.1) is 6.92 Å². The Morgan fingerprint density at radius 1 is 1.22 bits per heavy atom. The fourth-order valence-corrected chi connectivity index (χ4v) is 3.70. The van der Waals surface area contributed by atoms with E-state index in [-0.39, 0.29) is 6.04 Å². The highest BCUT2D eigenvalue weighted by Crippen LogP contribution is 2.31. The fourth-order valence-electron chi connectivity index (χ4n) is 3.07. The van der Waals surface area contributed by atoms with Gasteiger partial charge >= 0.3 is 0 Å². The normalized spacial score (nSPS) is 19.1. The largest absolute Gasteiger partial charge is 0.290 e. The van der Waals surface area contributed by atoms with E-state index in [0.29, 0.717) is 4.90 Å². The Labute approximate surface area is 137 Å². The van der Waals surface area contributed by atoms with Crippen molar-refractivity contribution in [1.29, 1.82) is 0 Å². The van der Waals surface area contributed by atoms with Crippen LogP contribution >= 0.6 is 0 Å². The second kappa shape index (κ2) is 6.37. The molecule has 5 nitrogen and oxygen atoms in total. The van der Waals surface area contributed by atoms with E-state index >= 15 is 0 Å². The molecule has 2 aromatic rings. The van der Waals surface area contributed by atoms with Gasteiger partial charge < -0.3 is 0 Å². The van der Waals surface area contributed by atoms with Gasteiger partial charge in [-0.1, -0.05) is 12.1 Å². The average molecular weight is 331 g/mol. The number of nitrogens with zero attached hydrogens (tertiary/aromatic N) is 3. The maximum absolute atomic E-state index is 11.5. The average Bonchev–Trinajstić information content (AvgIpc) is 2.95. The van der Waals surface area contributed by atoms with Gasteiger partial charge in [0.15, 0.2) is 9.84 Å². The molecular formula is C17H21N3O2S. The molecule has 1 aromatic heterocycles. The molecule has 0 bridgehead atoms. The van der Waals surface area contributed by atoms with Gasteiger partial charge in [0.1, 0.15) is 0 Å². The van der Waals surface area contributed by atoms with Gasteiger partial charge in [-0.05, 0) is 44.0 Å². The lowest BCUT2D eigenvalue weighted by Gasteiger charge is -2.24. The van der Waals surface area contributed by atoms with E-state index in [4.69, 9.17) is 0 Å². The quantitative estimate of drug-likeness (QED) is 0.861. The zero-order valence-electron chi connectivity index (χ0n) is 13.4. The Kier molecular flexibility index (Phi) is 4.46. The summed E-state index contributed by atoms with van der Waals surface area (Å²) >= 11 is 0. The Hall–Kier alpha value is -1.79. The molecule has 0 unspecified atom stereocenters. The van der Waals surface area contributed by atoms with Crippen molar-refractivity contribution < 1.29 is 8.42 Å². The predicted molar refractivity (Wildman–Crippen MR) is 88.7 cm³/mol. The maximum atomic E-state index is 11.5. The third kappa shape index (κ3) is 3.76. The summed E-state index contributed by atoms with van der Waals surface area (Å²) in [4.78, 5) is 11.6. The van der Waals surface area contributed by atoms with Crippen LogP contribution in [0.1, 0.15) is 35.8 Å². The topological polar surface area (TPSA) is 63.2 Å². The molecule has 1 aliphatic heterocycles. The fraction of sp³-hybridized carbons (Fsp3) is 0.412. The number of hydrogen-bond donors (Lipinski definition) is 0. The molecule has 1 aliphatic rings. The summed E-state index contributed by atoms with van der Waals surface area (Å²) in [5.74, 6) is 0. The number of sulfone groups is 1. The first-order valence-corrected chi connectivity index (χ1v) is 9.64. The molecule has 0 N–H and O–H groups in total.